The molecule has 2 aliphatic rings. The molecule has 108 valence electrons. The second-order valence-corrected chi connectivity index (χ2v) is 6.84. The summed E-state index contributed by atoms with van der Waals surface area (Å²) in [6, 6.07) is 0. The van der Waals surface area contributed by atoms with E-state index < -0.39 is 0 Å². The van der Waals surface area contributed by atoms with Gasteiger partial charge in [0.2, 0.25) is 0 Å². The highest BCUT2D eigenvalue weighted by Gasteiger charge is 2.29. The van der Waals surface area contributed by atoms with Gasteiger partial charge in [0.05, 0.1) is 0 Å². The molecule has 2 rings (SSSR count). The van der Waals surface area contributed by atoms with Crippen LogP contribution in [-0.4, -0.2) is 0 Å². The molecule has 0 spiro atoms. The summed E-state index contributed by atoms with van der Waals surface area (Å²) in [7, 11) is 0. The van der Waals surface area contributed by atoms with Crippen molar-refractivity contribution in [3.05, 3.63) is 24.8 Å². The molecule has 0 nitrogen and oxygen atoms in total. The van der Waals surface area contributed by atoms with Crippen LogP contribution in [0.1, 0.15) is 71.1 Å². The van der Waals surface area contributed by atoms with Gasteiger partial charge in [-0.1, -0.05) is 31.1 Å². The molecule has 0 N–H and O–H groups in total. The van der Waals surface area contributed by atoms with Crippen molar-refractivity contribution in [2.24, 2.45) is 23.7 Å². The lowest BCUT2D eigenvalue weighted by atomic mass is 9.69. The third-order valence-corrected chi connectivity index (χ3v) is 5.69. The summed E-state index contributed by atoms with van der Waals surface area (Å²) in [6.07, 6.45) is 21.3. The molecule has 19 heavy (non-hydrogen) atoms. The fourth-order valence-electron chi connectivity index (χ4n) is 4.30. The first-order chi connectivity index (χ1) is 9.33. The van der Waals surface area contributed by atoms with Gasteiger partial charge in [0, 0.05) is 0 Å². The van der Waals surface area contributed by atoms with E-state index in [2.05, 4.69) is 31.7 Å². The number of hydrogen-bond donors (Lipinski definition) is 0. The van der Waals surface area contributed by atoms with Crippen LogP contribution in [0.4, 0.5) is 0 Å². The molecule has 2 fully saturated rings. The Bertz CT molecular complexity index is 272. The maximum atomic E-state index is 3.96. The lowest BCUT2D eigenvalue weighted by Gasteiger charge is -2.37. The summed E-state index contributed by atoms with van der Waals surface area (Å²) in [6.45, 7) is 6.10. The van der Waals surface area contributed by atoms with E-state index >= 15 is 0 Å². The zero-order valence-electron chi connectivity index (χ0n) is 12.8. The van der Waals surface area contributed by atoms with Gasteiger partial charge in [0.25, 0.3) is 0 Å². The molecule has 2 aliphatic carbocycles. The molecule has 0 aromatic carbocycles. The van der Waals surface area contributed by atoms with Crippen molar-refractivity contribution in [2.45, 2.75) is 71.1 Å². The van der Waals surface area contributed by atoms with Crippen molar-refractivity contribution in [1.82, 2.24) is 0 Å². The zero-order valence-corrected chi connectivity index (χ0v) is 12.8. The molecule has 0 bridgehead atoms. The van der Waals surface area contributed by atoms with Crippen molar-refractivity contribution in [3.8, 4) is 0 Å². The van der Waals surface area contributed by atoms with Crippen molar-refractivity contribution in [2.75, 3.05) is 0 Å². The van der Waals surface area contributed by atoms with Crippen LogP contribution in [0.3, 0.4) is 0 Å². The van der Waals surface area contributed by atoms with Crippen LogP contribution >= 0.6 is 0 Å². The summed E-state index contributed by atoms with van der Waals surface area (Å²) >= 11 is 0. The maximum Gasteiger partial charge on any atom is -0.0236 e. The second-order valence-electron chi connectivity index (χ2n) is 6.84. The van der Waals surface area contributed by atoms with Gasteiger partial charge in [-0.2, -0.15) is 0 Å². The smallest absolute Gasteiger partial charge is 0.0236 e. The van der Waals surface area contributed by atoms with Crippen LogP contribution in [0.25, 0.3) is 0 Å². The molecule has 0 aromatic heterocycles. The van der Waals surface area contributed by atoms with Gasteiger partial charge in [-0.25, -0.2) is 0 Å². The van der Waals surface area contributed by atoms with Gasteiger partial charge in [-0.15, -0.1) is 6.58 Å². The van der Waals surface area contributed by atoms with E-state index in [1.807, 2.05) is 0 Å². The summed E-state index contributed by atoms with van der Waals surface area (Å²) in [4.78, 5) is 0. The first-order valence-electron chi connectivity index (χ1n) is 8.57. The molecule has 0 heteroatoms. The van der Waals surface area contributed by atoms with E-state index in [1.165, 1.54) is 64.2 Å². The van der Waals surface area contributed by atoms with Crippen LogP contribution in [0, 0.1) is 23.7 Å². The lowest BCUT2D eigenvalue weighted by molar-refractivity contribution is 0.153. The second kappa shape index (κ2) is 7.92. The van der Waals surface area contributed by atoms with E-state index in [-0.39, 0.29) is 0 Å². The SMILES string of the molecule is C=CC1CCC(C2CCC(CC/C=C/C)CC2)CC1. The van der Waals surface area contributed by atoms with Crippen molar-refractivity contribution >= 4 is 0 Å². The molecule has 0 unspecified atom stereocenters. The molecule has 0 radical (unpaired) electrons. The van der Waals surface area contributed by atoms with Crippen LogP contribution in [0.2, 0.25) is 0 Å². The van der Waals surface area contributed by atoms with Crippen molar-refractivity contribution in [3.63, 3.8) is 0 Å². The van der Waals surface area contributed by atoms with Crippen molar-refractivity contribution < 1.29 is 0 Å². The Kier molecular flexibility index (Phi) is 6.20. The van der Waals surface area contributed by atoms with E-state index in [1.54, 1.807) is 0 Å². The fraction of sp³-hybridized carbons (Fsp3) is 0.789. The largest absolute Gasteiger partial charge is 0.103 e. The van der Waals surface area contributed by atoms with Gasteiger partial charge in [-0.3, -0.25) is 0 Å². The maximum absolute atomic E-state index is 3.96. The molecule has 0 aliphatic heterocycles. The Balaban J connectivity index is 1.67. The number of hydrogen-bond acceptors (Lipinski definition) is 0. The quantitative estimate of drug-likeness (QED) is 0.521. The molecule has 0 saturated heterocycles. The fourth-order valence-corrected chi connectivity index (χ4v) is 4.30. The summed E-state index contributed by atoms with van der Waals surface area (Å²) in [5.41, 5.74) is 0. The van der Waals surface area contributed by atoms with Gasteiger partial charge >= 0.3 is 0 Å². The molecule has 0 heterocycles. The molecule has 0 atom stereocenters. The van der Waals surface area contributed by atoms with Gasteiger partial charge in [0.15, 0.2) is 0 Å². The molecular weight excluding hydrogens is 228 g/mol. The first-order valence-corrected chi connectivity index (χ1v) is 8.57. The van der Waals surface area contributed by atoms with E-state index in [9.17, 15) is 0 Å². The normalized spacial score (nSPS) is 36.5. The zero-order chi connectivity index (χ0) is 13.5. The van der Waals surface area contributed by atoms with Crippen LogP contribution < -0.4 is 0 Å². The Hall–Kier alpha value is -0.520. The van der Waals surface area contributed by atoms with E-state index in [4.69, 9.17) is 0 Å². The van der Waals surface area contributed by atoms with E-state index in [0.29, 0.717) is 0 Å². The molecule has 0 amide bonds. The van der Waals surface area contributed by atoms with Crippen LogP contribution in [-0.2, 0) is 0 Å². The standard InChI is InChI=1S/C19H32/c1-3-5-6-7-17-10-14-19(15-11-17)18-12-8-16(4-2)9-13-18/h3-5,16-19H,2,6-15H2,1H3/b5-3+. The number of allylic oxidation sites excluding steroid dienone is 3. The average Bonchev–Trinajstić information content (AvgIpc) is 2.48. The third kappa shape index (κ3) is 4.51. The van der Waals surface area contributed by atoms with Crippen LogP contribution in [0.15, 0.2) is 24.8 Å². The molecule has 0 aromatic rings. The van der Waals surface area contributed by atoms with Gasteiger partial charge < -0.3 is 0 Å². The highest BCUT2D eigenvalue weighted by atomic mass is 14.3. The number of rotatable bonds is 5. The topological polar surface area (TPSA) is 0 Å². The minimum Gasteiger partial charge on any atom is -0.103 e. The lowest BCUT2D eigenvalue weighted by Crippen LogP contribution is -2.25. The predicted octanol–water partition coefficient (Wildman–Crippen LogP) is 6.14. The first kappa shape index (κ1) is 14.9. The highest BCUT2D eigenvalue weighted by molar-refractivity contribution is 4.88. The monoisotopic (exact) mass is 260 g/mol. The third-order valence-electron chi connectivity index (χ3n) is 5.69. The van der Waals surface area contributed by atoms with Crippen molar-refractivity contribution in [1.29, 1.82) is 0 Å². The summed E-state index contributed by atoms with van der Waals surface area (Å²) in [5, 5.41) is 0. The summed E-state index contributed by atoms with van der Waals surface area (Å²) < 4.78 is 0. The molecular formula is C19H32. The highest BCUT2D eigenvalue weighted by Crippen LogP contribution is 2.42. The molecule has 2 saturated carbocycles. The van der Waals surface area contributed by atoms with E-state index in [0.717, 1.165) is 23.7 Å². The van der Waals surface area contributed by atoms with Gasteiger partial charge in [0.1, 0.15) is 0 Å². The Morgan fingerprint density at radius 2 is 1.47 bits per heavy atom. The minimum atomic E-state index is 0.827. The average molecular weight is 260 g/mol. The van der Waals surface area contributed by atoms with Crippen LogP contribution in [0.5, 0.6) is 0 Å². The predicted molar refractivity (Wildman–Crippen MR) is 85.1 cm³/mol. The summed E-state index contributed by atoms with van der Waals surface area (Å²) in [5.74, 6) is 3.96. The Morgan fingerprint density at radius 1 is 0.895 bits per heavy atom. The van der Waals surface area contributed by atoms with Gasteiger partial charge in [-0.05, 0) is 82.0 Å². The Labute approximate surface area is 120 Å². The Morgan fingerprint density at radius 3 is 2.00 bits per heavy atom. The minimum absolute atomic E-state index is 0.827.